The Kier molecular flexibility index (Phi) is 6.58. The van der Waals surface area contributed by atoms with Crippen LogP contribution in [0.25, 0.3) is 24.3 Å². The lowest BCUT2D eigenvalue weighted by molar-refractivity contribution is 1.62. The lowest BCUT2D eigenvalue weighted by Crippen LogP contribution is -1.74. The molecular weight excluding hydrogens is 312 g/mol. The van der Waals surface area contributed by atoms with Gasteiger partial charge < -0.3 is 0 Å². The van der Waals surface area contributed by atoms with Crippen LogP contribution in [0.5, 0.6) is 0 Å². The maximum absolute atomic E-state index is 2.13. The van der Waals surface area contributed by atoms with E-state index in [0.29, 0.717) is 0 Å². The molecule has 0 aliphatic rings. The molecular formula is C26H22. The Morgan fingerprint density at radius 2 is 0.577 bits per heavy atom. The zero-order valence-electron chi connectivity index (χ0n) is 14.7. The first-order valence-electron chi connectivity index (χ1n) is 8.80. The van der Waals surface area contributed by atoms with E-state index in [1.54, 1.807) is 0 Å². The molecule has 3 aromatic rings. The summed E-state index contributed by atoms with van der Waals surface area (Å²) in [5.74, 6) is 0. The normalized spacial score (nSPS) is 12.0. The summed E-state index contributed by atoms with van der Waals surface area (Å²) in [6.07, 6.45) is 16.7. The van der Waals surface area contributed by atoms with Crippen LogP contribution in [0, 0.1) is 0 Å². The third-order valence-corrected chi connectivity index (χ3v) is 3.91. The lowest BCUT2D eigenvalue weighted by atomic mass is 10.1. The Morgan fingerprint density at radius 3 is 0.885 bits per heavy atom. The smallest absolute Gasteiger partial charge is 0.0256 e. The predicted molar refractivity (Wildman–Crippen MR) is 115 cm³/mol. The number of benzene rings is 3. The van der Waals surface area contributed by atoms with Crippen LogP contribution in [0.15, 0.2) is 109 Å². The van der Waals surface area contributed by atoms with E-state index in [4.69, 9.17) is 0 Å². The summed E-state index contributed by atoms with van der Waals surface area (Å²) in [5.41, 5.74) is 4.81. The third-order valence-electron chi connectivity index (χ3n) is 3.91. The molecule has 0 radical (unpaired) electrons. The summed E-state index contributed by atoms with van der Waals surface area (Å²) < 4.78 is 0. The highest BCUT2D eigenvalue weighted by Crippen LogP contribution is 2.09. The quantitative estimate of drug-likeness (QED) is 0.420. The molecule has 0 heterocycles. The molecule has 0 spiro atoms. The molecule has 26 heavy (non-hydrogen) atoms. The molecule has 126 valence electrons. The van der Waals surface area contributed by atoms with Crippen molar-refractivity contribution in [2.45, 2.75) is 0 Å². The van der Waals surface area contributed by atoms with Gasteiger partial charge in [-0.05, 0) is 22.3 Å². The summed E-state index contributed by atoms with van der Waals surface area (Å²) in [6.45, 7) is 0. The minimum atomic E-state index is 1.19. The molecule has 0 aromatic heterocycles. The average molecular weight is 334 g/mol. The van der Waals surface area contributed by atoms with Gasteiger partial charge in [-0.15, -0.1) is 0 Å². The fourth-order valence-electron chi connectivity index (χ4n) is 2.51. The minimum Gasteiger partial charge on any atom is -0.0622 e. The molecule has 0 aliphatic heterocycles. The van der Waals surface area contributed by atoms with Gasteiger partial charge in [-0.1, -0.05) is 134 Å². The largest absolute Gasteiger partial charge is 0.0622 e. The Balaban J connectivity index is 1.53. The van der Waals surface area contributed by atoms with Crippen LogP contribution in [0.3, 0.4) is 0 Å². The first kappa shape index (κ1) is 17.4. The summed E-state index contributed by atoms with van der Waals surface area (Å²) in [6, 6.07) is 29.2. The molecule has 0 saturated heterocycles. The van der Waals surface area contributed by atoms with Crippen LogP contribution in [0.1, 0.15) is 22.3 Å². The van der Waals surface area contributed by atoms with Gasteiger partial charge in [0.15, 0.2) is 0 Å². The molecule has 3 rings (SSSR count). The summed E-state index contributed by atoms with van der Waals surface area (Å²) in [7, 11) is 0. The van der Waals surface area contributed by atoms with Crippen molar-refractivity contribution in [1.29, 1.82) is 0 Å². The van der Waals surface area contributed by atoms with Gasteiger partial charge in [-0.3, -0.25) is 0 Å². The molecule has 0 aliphatic carbocycles. The van der Waals surface area contributed by atoms with Gasteiger partial charge in [0.05, 0.1) is 0 Å². The van der Waals surface area contributed by atoms with Crippen LogP contribution in [-0.4, -0.2) is 0 Å². The van der Waals surface area contributed by atoms with E-state index < -0.39 is 0 Å². The van der Waals surface area contributed by atoms with Crippen molar-refractivity contribution in [1.82, 2.24) is 0 Å². The minimum absolute atomic E-state index is 1.19. The van der Waals surface area contributed by atoms with E-state index in [0.717, 1.165) is 0 Å². The second-order valence-electron chi connectivity index (χ2n) is 5.92. The van der Waals surface area contributed by atoms with Crippen molar-refractivity contribution in [2.75, 3.05) is 0 Å². The van der Waals surface area contributed by atoms with E-state index in [9.17, 15) is 0 Å². The molecule has 0 saturated carbocycles. The monoisotopic (exact) mass is 334 g/mol. The molecule has 0 nitrogen and oxygen atoms in total. The van der Waals surface area contributed by atoms with E-state index in [-0.39, 0.29) is 0 Å². The van der Waals surface area contributed by atoms with Crippen molar-refractivity contribution in [3.05, 3.63) is 131 Å². The van der Waals surface area contributed by atoms with Crippen LogP contribution in [0.2, 0.25) is 0 Å². The molecule has 0 bridgehead atoms. The highest BCUT2D eigenvalue weighted by atomic mass is 13.9. The standard InChI is InChI=1S/C26H22/c1-3-11-23(12-4-1)15-7-9-17-25-19-21-26(22-20-25)18-10-8-16-24-13-5-2-6-14-24/h1-22H/b15-7-,16-8+,17-9+,18-10+. The number of rotatable bonds is 6. The van der Waals surface area contributed by atoms with Gasteiger partial charge in [0.25, 0.3) is 0 Å². The van der Waals surface area contributed by atoms with E-state index in [1.807, 2.05) is 36.4 Å². The van der Waals surface area contributed by atoms with E-state index >= 15 is 0 Å². The van der Waals surface area contributed by atoms with Crippen molar-refractivity contribution < 1.29 is 0 Å². The SMILES string of the molecule is C(=C/c1ccccc1)/C=C/c1ccc(/C=C/C=C/c2ccccc2)cc1. The highest BCUT2D eigenvalue weighted by Gasteiger charge is 1.88. The fourth-order valence-corrected chi connectivity index (χ4v) is 2.51. The van der Waals surface area contributed by atoms with Crippen LogP contribution >= 0.6 is 0 Å². The molecule has 3 aromatic carbocycles. The Bertz CT molecular complexity index is 815. The second-order valence-corrected chi connectivity index (χ2v) is 5.92. The molecule has 0 heteroatoms. The topological polar surface area (TPSA) is 0 Å². The van der Waals surface area contributed by atoms with Gasteiger partial charge in [0.1, 0.15) is 0 Å². The second kappa shape index (κ2) is 9.80. The Morgan fingerprint density at radius 1 is 0.308 bits per heavy atom. The third kappa shape index (κ3) is 5.92. The van der Waals surface area contributed by atoms with Crippen molar-refractivity contribution in [2.24, 2.45) is 0 Å². The summed E-state index contributed by atoms with van der Waals surface area (Å²) in [4.78, 5) is 0. The van der Waals surface area contributed by atoms with Crippen LogP contribution in [-0.2, 0) is 0 Å². The summed E-state index contributed by atoms with van der Waals surface area (Å²) >= 11 is 0. The number of allylic oxidation sites excluding steroid dienone is 4. The average Bonchev–Trinajstić information content (AvgIpc) is 2.71. The first-order chi connectivity index (χ1) is 12.9. The predicted octanol–water partition coefficient (Wildman–Crippen LogP) is 7.14. The highest BCUT2D eigenvalue weighted by molar-refractivity contribution is 5.61. The van der Waals surface area contributed by atoms with Crippen LogP contribution < -0.4 is 0 Å². The molecule has 0 fully saturated rings. The van der Waals surface area contributed by atoms with Crippen molar-refractivity contribution in [3.8, 4) is 0 Å². The molecule has 0 N–H and O–H groups in total. The maximum Gasteiger partial charge on any atom is -0.0256 e. The number of hydrogen-bond acceptors (Lipinski definition) is 0. The van der Waals surface area contributed by atoms with Gasteiger partial charge >= 0.3 is 0 Å². The maximum atomic E-state index is 2.13. The van der Waals surface area contributed by atoms with Gasteiger partial charge in [0.2, 0.25) is 0 Å². The van der Waals surface area contributed by atoms with Gasteiger partial charge in [-0.2, -0.15) is 0 Å². The number of hydrogen-bond donors (Lipinski definition) is 0. The fraction of sp³-hybridized carbons (Fsp3) is 0. The van der Waals surface area contributed by atoms with Gasteiger partial charge in [0, 0.05) is 0 Å². The summed E-state index contributed by atoms with van der Waals surface area (Å²) in [5, 5.41) is 0. The van der Waals surface area contributed by atoms with Crippen LogP contribution in [0.4, 0.5) is 0 Å². The lowest BCUT2D eigenvalue weighted by Gasteiger charge is -1.95. The van der Waals surface area contributed by atoms with E-state index in [1.165, 1.54) is 22.3 Å². The zero-order chi connectivity index (χ0) is 17.9. The van der Waals surface area contributed by atoms with Crippen molar-refractivity contribution >= 4 is 24.3 Å². The van der Waals surface area contributed by atoms with E-state index in [2.05, 4.69) is 97.1 Å². The first-order valence-corrected chi connectivity index (χ1v) is 8.80. The molecule has 0 amide bonds. The van der Waals surface area contributed by atoms with Gasteiger partial charge in [-0.25, -0.2) is 0 Å². The van der Waals surface area contributed by atoms with Crippen molar-refractivity contribution in [3.63, 3.8) is 0 Å². The molecule has 0 unspecified atom stereocenters. The Labute approximate surface area is 156 Å². The molecule has 0 atom stereocenters. The Hall–Kier alpha value is -3.38. The zero-order valence-corrected chi connectivity index (χ0v) is 14.7.